The molecule has 0 radical (unpaired) electrons. The fourth-order valence-electron chi connectivity index (χ4n) is 4.27. The Morgan fingerprint density at radius 3 is 2.56 bits per heavy atom. The van der Waals surface area contributed by atoms with Crippen LogP contribution < -0.4 is 10.3 Å². The van der Waals surface area contributed by atoms with Gasteiger partial charge in [0.2, 0.25) is 22.4 Å². The highest BCUT2D eigenvalue weighted by molar-refractivity contribution is 9.10. The standard InChI is InChI=1S/C24H24BrN9O4S/c1-2-31-14-18(22(37)38)20(36)17-13-26-23(27-21(17)31)33-10-8-32(9-11-33)19(35)7-12-39-24-28-29-30-34(24)16-5-3-15(25)4-6-16/h3-6,13-14H,2,7-12H2,1H3,(H,37,38). The molecule has 0 unspecified atom stereocenters. The molecule has 1 fully saturated rings. The number of fused-ring (bicyclic) bond motifs is 1. The first-order chi connectivity index (χ1) is 18.9. The van der Waals surface area contributed by atoms with Gasteiger partial charge in [0.05, 0.1) is 11.1 Å². The summed E-state index contributed by atoms with van der Waals surface area (Å²) in [5, 5.41) is 22.0. The number of aromatic carboxylic acids is 1. The van der Waals surface area contributed by atoms with Crippen LogP contribution in [0.25, 0.3) is 16.7 Å². The van der Waals surface area contributed by atoms with E-state index in [2.05, 4.69) is 41.4 Å². The number of rotatable bonds is 8. The fraction of sp³-hybridized carbons (Fsp3) is 0.333. The zero-order valence-corrected chi connectivity index (χ0v) is 23.3. The van der Waals surface area contributed by atoms with Crippen LogP contribution in [0.15, 0.2) is 51.1 Å². The number of hydrogen-bond acceptors (Lipinski definition) is 10. The van der Waals surface area contributed by atoms with Crippen molar-refractivity contribution in [3.8, 4) is 5.69 Å². The third-order valence-corrected chi connectivity index (χ3v) is 7.80. The van der Waals surface area contributed by atoms with Gasteiger partial charge in [0.15, 0.2) is 0 Å². The third kappa shape index (κ3) is 5.63. The fourth-order valence-corrected chi connectivity index (χ4v) is 5.35. The third-order valence-electron chi connectivity index (χ3n) is 6.35. The van der Waals surface area contributed by atoms with Crippen molar-refractivity contribution in [1.82, 2.24) is 39.6 Å². The van der Waals surface area contributed by atoms with Gasteiger partial charge >= 0.3 is 5.97 Å². The summed E-state index contributed by atoms with van der Waals surface area (Å²) in [6, 6.07) is 7.64. The number of pyridine rings is 1. The molecule has 39 heavy (non-hydrogen) atoms. The minimum atomic E-state index is -1.28. The summed E-state index contributed by atoms with van der Waals surface area (Å²) in [7, 11) is 0. The number of carbonyl (C=O) groups is 2. The largest absolute Gasteiger partial charge is 0.477 e. The van der Waals surface area contributed by atoms with Crippen LogP contribution >= 0.6 is 27.7 Å². The Kier molecular flexibility index (Phi) is 7.88. The van der Waals surface area contributed by atoms with Crippen LogP contribution in [0.3, 0.4) is 0 Å². The van der Waals surface area contributed by atoms with E-state index in [9.17, 15) is 19.5 Å². The Balaban J connectivity index is 1.18. The van der Waals surface area contributed by atoms with Crippen LogP contribution in [-0.4, -0.2) is 88.6 Å². The zero-order chi connectivity index (χ0) is 27.5. The minimum Gasteiger partial charge on any atom is -0.477 e. The molecule has 1 aliphatic rings. The highest BCUT2D eigenvalue weighted by atomic mass is 79.9. The van der Waals surface area contributed by atoms with Gasteiger partial charge in [-0.15, -0.1) is 5.10 Å². The Labute approximate surface area is 235 Å². The van der Waals surface area contributed by atoms with E-state index >= 15 is 0 Å². The number of amides is 1. The monoisotopic (exact) mass is 613 g/mol. The normalized spacial score (nSPS) is 13.7. The summed E-state index contributed by atoms with van der Waals surface area (Å²) >= 11 is 4.84. The maximum absolute atomic E-state index is 12.9. The van der Waals surface area contributed by atoms with Gasteiger partial charge in [0.1, 0.15) is 11.2 Å². The van der Waals surface area contributed by atoms with Crippen LogP contribution in [-0.2, 0) is 11.3 Å². The maximum atomic E-state index is 12.9. The molecule has 0 saturated carbocycles. The molecule has 15 heteroatoms. The number of halogens is 1. The number of tetrazole rings is 1. The van der Waals surface area contributed by atoms with Gasteiger partial charge in [-0.2, -0.15) is 9.67 Å². The lowest BCUT2D eigenvalue weighted by atomic mass is 10.2. The first-order valence-corrected chi connectivity index (χ1v) is 14.0. The molecule has 1 aliphatic heterocycles. The molecular formula is C24H24BrN9O4S. The Morgan fingerprint density at radius 1 is 1.13 bits per heavy atom. The van der Waals surface area contributed by atoms with Gasteiger partial charge in [0, 0.05) is 61.8 Å². The molecule has 4 heterocycles. The molecular weight excluding hydrogens is 590 g/mol. The molecule has 1 N–H and O–H groups in total. The molecule has 202 valence electrons. The Bertz CT molecular complexity index is 1580. The molecule has 1 saturated heterocycles. The van der Waals surface area contributed by atoms with E-state index in [0.29, 0.717) is 61.6 Å². The molecule has 5 rings (SSSR count). The van der Waals surface area contributed by atoms with Crippen molar-refractivity contribution in [3.05, 3.63) is 56.9 Å². The van der Waals surface area contributed by atoms with Gasteiger partial charge < -0.3 is 19.5 Å². The van der Waals surface area contributed by atoms with E-state index < -0.39 is 11.4 Å². The van der Waals surface area contributed by atoms with Gasteiger partial charge in [-0.05, 0) is 41.6 Å². The maximum Gasteiger partial charge on any atom is 0.341 e. The quantitative estimate of drug-likeness (QED) is 0.291. The summed E-state index contributed by atoms with van der Waals surface area (Å²) in [6.07, 6.45) is 3.05. The summed E-state index contributed by atoms with van der Waals surface area (Å²) in [4.78, 5) is 49.5. The van der Waals surface area contributed by atoms with Crippen molar-refractivity contribution < 1.29 is 14.7 Å². The van der Waals surface area contributed by atoms with Crippen molar-refractivity contribution in [2.24, 2.45) is 0 Å². The average Bonchev–Trinajstić information content (AvgIpc) is 3.42. The highest BCUT2D eigenvalue weighted by Crippen LogP contribution is 2.21. The van der Waals surface area contributed by atoms with Crippen LogP contribution in [0.4, 0.5) is 5.95 Å². The van der Waals surface area contributed by atoms with Crippen molar-refractivity contribution in [1.29, 1.82) is 0 Å². The molecule has 1 amide bonds. The zero-order valence-electron chi connectivity index (χ0n) is 20.9. The van der Waals surface area contributed by atoms with Gasteiger partial charge in [0.25, 0.3) is 0 Å². The van der Waals surface area contributed by atoms with E-state index in [4.69, 9.17) is 0 Å². The molecule has 13 nitrogen and oxygen atoms in total. The van der Waals surface area contributed by atoms with Crippen molar-refractivity contribution in [3.63, 3.8) is 0 Å². The van der Waals surface area contributed by atoms with Gasteiger partial charge in [-0.25, -0.2) is 9.78 Å². The number of carboxylic acid groups (broad SMARTS) is 1. The summed E-state index contributed by atoms with van der Waals surface area (Å²) in [5.74, 6) is -0.258. The Hall–Kier alpha value is -3.85. The number of aromatic nitrogens is 7. The molecule has 0 spiro atoms. The van der Waals surface area contributed by atoms with E-state index in [1.54, 1.807) is 9.25 Å². The lowest BCUT2D eigenvalue weighted by molar-refractivity contribution is -0.131. The van der Waals surface area contributed by atoms with Crippen molar-refractivity contribution in [2.75, 3.05) is 36.8 Å². The number of nitrogens with zero attached hydrogens (tertiary/aromatic N) is 9. The number of thioether (sulfide) groups is 1. The van der Waals surface area contributed by atoms with Crippen LogP contribution in [0.1, 0.15) is 23.7 Å². The molecule has 1 aromatic carbocycles. The minimum absolute atomic E-state index is 0.0465. The van der Waals surface area contributed by atoms with Crippen molar-refractivity contribution >= 4 is 56.6 Å². The summed E-state index contributed by atoms with van der Waals surface area (Å²) < 4.78 is 4.24. The number of carbonyl (C=O) groups excluding carboxylic acids is 1. The predicted octanol–water partition coefficient (Wildman–Crippen LogP) is 2.08. The molecule has 0 aliphatic carbocycles. The lowest BCUT2D eigenvalue weighted by Gasteiger charge is -2.34. The van der Waals surface area contributed by atoms with Gasteiger partial charge in [-0.1, -0.05) is 27.7 Å². The van der Waals surface area contributed by atoms with Gasteiger partial charge in [-0.3, -0.25) is 9.59 Å². The second-order valence-electron chi connectivity index (χ2n) is 8.69. The first-order valence-electron chi connectivity index (χ1n) is 12.2. The van der Waals surface area contributed by atoms with E-state index in [-0.39, 0.29) is 16.9 Å². The second kappa shape index (κ2) is 11.5. The first kappa shape index (κ1) is 26.7. The van der Waals surface area contributed by atoms with Crippen molar-refractivity contribution in [2.45, 2.75) is 25.0 Å². The lowest BCUT2D eigenvalue weighted by Crippen LogP contribution is -2.49. The number of benzene rings is 1. The van der Waals surface area contributed by atoms with E-state index in [0.717, 1.165) is 10.2 Å². The van der Waals surface area contributed by atoms with Crippen LogP contribution in [0.5, 0.6) is 0 Å². The molecule has 0 bridgehead atoms. The number of aryl methyl sites for hydroxylation is 1. The second-order valence-corrected chi connectivity index (χ2v) is 10.7. The molecule has 0 atom stereocenters. The topological polar surface area (TPSA) is 152 Å². The van der Waals surface area contributed by atoms with E-state index in [1.165, 1.54) is 24.2 Å². The van der Waals surface area contributed by atoms with Crippen LogP contribution in [0.2, 0.25) is 0 Å². The average molecular weight is 614 g/mol. The summed E-state index contributed by atoms with van der Waals surface area (Å²) in [5.41, 5.74) is 0.310. The highest BCUT2D eigenvalue weighted by Gasteiger charge is 2.24. The smallest absolute Gasteiger partial charge is 0.341 e. The number of hydrogen-bond donors (Lipinski definition) is 1. The SMILES string of the molecule is CCn1cc(C(=O)O)c(=O)c2cnc(N3CCN(C(=O)CCSc4nnnn4-c4ccc(Br)cc4)CC3)nc21. The molecule has 3 aromatic heterocycles. The number of anilines is 1. The number of piperazine rings is 1. The Morgan fingerprint density at radius 2 is 1.87 bits per heavy atom. The number of carboxylic acids is 1. The summed E-state index contributed by atoms with van der Waals surface area (Å²) in [6.45, 7) is 4.40. The predicted molar refractivity (Wildman–Crippen MR) is 147 cm³/mol. The molecule has 4 aromatic rings. The van der Waals surface area contributed by atoms with E-state index in [1.807, 2.05) is 41.0 Å². The van der Waals surface area contributed by atoms with Crippen LogP contribution in [0, 0.1) is 0 Å².